The highest BCUT2D eigenvalue weighted by atomic mass is 32.1. The molecule has 0 amide bonds. The van der Waals surface area contributed by atoms with E-state index in [2.05, 4.69) is 4.98 Å². The number of thiazole rings is 1. The molecule has 0 bridgehead atoms. The van der Waals surface area contributed by atoms with E-state index in [0.717, 1.165) is 5.13 Å². The SMILES string of the molecule is CC(N)C(=O)c1cnc(N(C)C)s1. The van der Waals surface area contributed by atoms with Crippen LogP contribution in [-0.2, 0) is 0 Å². The van der Waals surface area contributed by atoms with Crippen LogP contribution in [0.2, 0.25) is 0 Å². The summed E-state index contributed by atoms with van der Waals surface area (Å²) in [4.78, 5) is 18.0. The molecule has 0 spiro atoms. The Labute approximate surface area is 81.4 Å². The van der Waals surface area contributed by atoms with Crippen LogP contribution in [0.3, 0.4) is 0 Å². The molecule has 0 saturated carbocycles. The summed E-state index contributed by atoms with van der Waals surface area (Å²) in [5, 5.41) is 0.823. The second kappa shape index (κ2) is 3.85. The smallest absolute Gasteiger partial charge is 0.190 e. The molecule has 1 rings (SSSR count). The number of hydrogen-bond donors (Lipinski definition) is 1. The molecule has 4 nitrogen and oxygen atoms in total. The van der Waals surface area contributed by atoms with Crippen molar-refractivity contribution in [1.29, 1.82) is 0 Å². The summed E-state index contributed by atoms with van der Waals surface area (Å²) in [5.74, 6) is -0.0504. The van der Waals surface area contributed by atoms with Crippen molar-refractivity contribution in [2.75, 3.05) is 19.0 Å². The number of nitrogens with two attached hydrogens (primary N) is 1. The van der Waals surface area contributed by atoms with Crippen molar-refractivity contribution >= 4 is 22.3 Å². The van der Waals surface area contributed by atoms with Gasteiger partial charge in [0, 0.05) is 14.1 Å². The molecule has 2 N–H and O–H groups in total. The van der Waals surface area contributed by atoms with E-state index in [-0.39, 0.29) is 5.78 Å². The fourth-order valence-electron chi connectivity index (χ4n) is 0.810. The van der Waals surface area contributed by atoms with Crippen molar-refractivity contribution in [3.05, 3.63) is 11.1 Å². The Bertz CT molecular complexity index is 306. The van der Waals surface area contributed by atoms with E-state index in [0.29, 0.717) is 4.88 Å². The predicted molar refractivity (Wildman–Crippen MR) is 54.4 cm³/mol. The Morgan fingerprint density at radius 1 is 1.69 bits per heavy atom. The molecule has 13 heavy (non-hydrogen) atoms. The van der Waals surface area contributed by atoms with E-state index in [1.807, 2.05) is 19.0 Å². The van der Waals surface area contributed by atoms with Crippen LogP contribution in [0.4, 0.5) is 5.13 Å². The summed E-state index contributed by atoms with van der Waals surface area (Å²) in [7, 11) is 3.78. The van der Waals surface area contributed by atoms with Gasteiger partial charge in [-0.1, -0.05) is 11.3 Å². The molecule has 1 aromatic heterocycles. The van der Waals surface area contributed by atoms with Gasteiger partial charge in [0.1, 0.15) is 0 Å². The molecule has 0 aliphatic heterocycles. The summed E-state index contributed by atoms with van der Waals surface area (Å²) in [6.45, 7) is 1.68. The van der Waals surface area contributed by atoms with Gasteiger partial charge in [0.2, 0.25) is 0 Å². The van der Waals surface area contributed by atoms with Crippen molar-refractivity contribution in [2.24, 2.45) is 5.73 Å². The zero-order valence-corrected chi connectivity index (χ0v) is 8.76. The van der Waals surface area contributed by atoms with Crippen molar-refractivity contribution in [3.63, 3.8) is 0 Å². The van der Waals surface area contributed by atoms with Crippen molar-refractivity contribution in [3.8, 4) is 0 Å². The first-order valence-corrected chi connectivity index (χ1v) is 4.77. The molecule has 0 aromatic carbocycles. The summed E-state index contributed by atoms with van der Waals surface area (Å²) in [6.07, 6.45) is 1.58. The maximum absolute atomic E-state index is 11.4. The van der Waals surface area contributed by atoms with Crippen molar-refractivity contribution in [2.45, 2.75) is 13.0 Å². The molecule has 0 aliphatic rings. The molecule has 72 valence electrons. The highest BCUT2D eigenvalue weighted by Crippen LogP contribution is 2.21. The molecular weight excluding hydrogens is 186 g/mol. The van der Waals surface area contributed by atoms with Gasteiger partial charge in [-0.25, -0.2) is 4.98 Å². The number of aromatic nitrogens is 1. The average Bonchev–Trinajstić information content (AvgIpc) is 2.50. The molecule has 0 radical (unpaired) electrons. The molecule has 0 saturated heterocycles. The normalized spacial score (nSPS) is 12.6. The minimum atomic E-state index is -0.449. The lowest BCUT2D eigenvalue weighted by atomic mass is 10.2. The second-order valence-electron chi connectivity index (χ2n) is 3.05. The third-order valence-electron chi connectivity index (χ3n) is 1.53. The van der Waals surface area contributed by atoms with Gasteiger partial charge in [0.05, 0.1) is 17.1 Å². The Hall–Kier alpha value is -0.940. The van der Waals surface area contributed by atoms with Crippen LogP contribution in [0, 0.1) is 0 Å². The van der Waals surface area contributed by atoms with Crippen LogP contribution in [0.25, 0.3) is 0 Å². The summed E-state index contributed by atoms with van der Waals surface area (Å²) >= 11 is 1.36. The van der Waals surface area contributed by atoms with Gasteiger partial charge in [-0.2, -0.15) is 0 Å². The van der Waals surface area contributed by atoms with Gasteiger partial charge in [0.25, 0.3) is 0 Å². The highest BCUT2D eigenvalue weighted by Gasteiger charge is 2.14. The number of Topliss-reactive ketones (excluding diaryl/α,β-unsaturated/α-hetero) is 1. The second-order valence-corrected chi connectivity index (χ2v) is 4.06. The molecule has 0 fully saturated rings. The zero-order chi connectivity index (χ0) is 10.0. The summed E-state index contributed by atoms with van der Waals surface area (Å²) < 4.78 is 0. The first kappa shape index (κ1) is 10.1. The fraction of sp³-hybridized carbons (Fsp3) is 0.500. The largest absolute Gasteiger partial charge is 0.354 e. The molecule has 1 atom stereocenters. The minimum Gasteiger partial charge on any atom is -0.354 e. The van der Waals surface area contributed by atoms with Gasteiger partial charge in [0.15, 0.2) is 10.9 Å². The van der Waals surface area contributed by atoms with Gasteiger partial charge < -0.3 is 10.6 Å². The maximum Gasteiger partial charge on any atom is 0.190 e. The average molecular weight is 199 g/mol. The van der Waals surface area contributed by atoms with E-state index in [1.54, 1.807) is 13.1 Å². The number of rotatable bonds is 3. The Morgan fingerprint density at radius 2 is 2.31 bits per heavy atom. The molecular formula is C8H13N3OS. The Balaban J connectivity index is 2.86. The molecule has 1 heterocycles. The molecule has 5 heteroatoms. The topological polar surface area (TPSA) is 59.2 Å². The van der Waals surface area contributed by atoms with Gasteiger partial charge in [-0.3, -0.25) is 4.79 Å². The first-order chi connectivity index (χ1) is 6.02. The monoisotopic (exact) mass is 199 g/mol. The maximum atomic E-state index is 11.4. The number of anilines is 1. The van der Waals surface area contributed by atoms with Crippen LogP contribution in [-0.4, -0.2) is 30.9 Å². The number of carbonyl (C=O) groups excluding carboxylic acids is 1. The van der Waals surface area contributed by atoms with Crippen molar-refractivity contribution in [1.82, 2.24) is 4.98 Å². The van der Waals surface area contributed by atoms with Crippen LogP contribution in [0.5, 0.6) is 0 Å². The first-order valence-electron chi connectivity index (χ1n) is 3.95. The lowest BCUT2D eigenvalue weighted by Crippen LogP contribution is -2.25. The van der Waals surface area contributed by atoms with E-state index in [1.165, 1.54) is 11.3 Å². The van der Waals surface area contributed by atoms with Gasteiger partial charge >= 0.3 is 0 Å². The van der Waals surface area contributed by atoms with Gasteiger partial charge in [-0.15, -0.1) is 0 Å². The Morgan fingerprint density at radius 3 is 2.69 bits per heavy atom. The predicted octanol–water partition coefficient (Wildman–Crippen LogP) is 0.739. The van der Waals surface area contributed by atoms with Crippen LogP contribution in [0.1, 0.15) is 16.6 Å². The Kier molecular flexibility index (Phi) is 3.00. The van der Waals surface area contributed by atoms with Crippen LogP contribution in [0.15, 0.2) is 6.20 Å². The lowest BCUT2D eigenvalue weighted by molar-refractivity contribution is 0.0971. The van der Waals surface area contributed by atoms with E-state index >= 15 is 0 Å². The van der Waals surface area contributed by atoms with Crippen LogP contribution >= 0.6 is 11.3 Å². The van der Waals surface area contributed by atoms with E-state index in [9.17, 15) is 4.79 Å². The van der Waals surface area contributed by atoms with Crippen LogP contribution < -0.4 is 10.6 Å². The minimum absolute atomic E-state index is 0.0504. The van der Waals surface area contributed by atoms with Gasteiger partial charge in [-0.05, 0) is 6.92 Å². The highest BCUT2D eigenvalue weighted by molar-refractivity contribution is 7.17. The number of carbonyl (C=O) groups is 1. The van der Waals surface area contributed by atoms with Crippen molar-refractivity contribution < 1.29 is 4.79 Å². The number of nitrogens with zero attached hydrogens (tertiary/aromatic N) is 2. The third kappa shape index (κ3) is 2.26. The quantitative estimate of drug-likeness (QED) is 0.729. The molecule has 1 unspecified atom stereocenters. The number of hydrogen-bond acceptors (Lipinski definition) is 5. The van der Waals surface area contributed by atoms with E-state index in [4.69, 9.17) is 5.73 Å². The fourth-order valence-corrected chi connectivity index (χ4v) is 1.69. The summed E-state index contributed by atoms with van der Waals surface area (Å²) in [5.41, 5.74) is 5.47. The summed E-state index contributed by atoms with van der Waals surface area (Å²) in [6, 6.07) is -0.449. The third-order valence-corrected chi connectivity index (χ3v) is 2.71. The lowest BCUT2D eigenvalue weighted by Gasteiger charge is -2.05. The number of ketones is 1. The molecule has 0 aliphatic carbocycles. The van der Waals surface area contributed by atoms with E-state index < -0.39 is 6.04 Å². The molecule has 1 aromatic rings. The standard InChI is InChI=1S/C8H13N3OS/c1-5(9)7(12)6-4-10-8(13-6)11(2)3/h4-5H,9H2,1-3H3. The zero-order valence-electron chi connectivity index (χ0n) is 7.94.